The van der Waals surface area contributed by atoms with Crippen LogP contribution in [0, 0.1) is 0 Å². The molecular weight excluding hydrogens is 220 g/mol. The van der Waals surface area contributed by atoms with Crippen LogP contribution in [0.15, 0.2) is 0 Å². The third-order valence-electron chi connectivity index (χ3n) is 0.509. The standard InChI is InChI=1S/C3H7O5P.3Mg.6H/c1-2-3(4)8-9(5,6)7;;;;;;;;;/h2H2,1H3,(H2,5,6,7);;;;;;;;;/q;3*+2;6*-1. The van der Waals surface area contributed by atoms with Crippen LogP contribution in [0.1, 0.15) is 21.9 Å². The number of carbonyl (C=O) groups is 1. The molecule has 0 saturated carbocycles. The summed E-state index contributed by atoms with van der Waals surface area (Å²) in [5, 5.41) is 0. The van der Waals surface area contributed by atoms with E-state index < -0.39 is 13.8 Å². The molecule has 0 aliphatic heterocycles. The molecule has 66 valence electrons. The quantitative estimate of drug-likeness (QED) is 0.499. The molecule has 0 spiro atoms. The Hall–Kier alpha value is 1.92. The molecule has 12 heavy (non-hydrogen) atoms. The van der Waals surface area contributed by atoms with E-state index >= 15 is 0 Å². The van der Waals surface area contributed by atoms with Gasteiger partial charge in [-0.3, -0.25) is 14.6 Å². The molecule has 5 nitrogen and oxygen atoms in total. The predicted molar refractivity (Wildman–Crippen MR) is 52.4 cm³/mol. The maximum absolute atomic E-state index is 10.1. The summed E-state index contributed by atoms with van der Waals surface area (Å²) in [6.07, 6.45) is -0.0366. The molecule has 0 radical (unpaired) electrons. The van der Waals surface area contributed by atoms with E-state index in [1.807, 2.05) is 0 Å². The van der Waals surface area contributed by atoms with Crippen LogP contribution in [0.3, 0.4) is 0 Å². The predicted octanol–water partition coefficient (Wildman–Crippen LogP) is -0.435. The van der Waals surface area contributed by atoms with Gasteiger partial charge in [-0.05, 0) is 0 Å². The molecule has 0 atom stereocenters. The number of hydrogen-bond acceptors (Lipinski definition) is 3. The topological polar surface area (TPSA) is 83.8 Å². The molecule has 0 rings (SSSR count). The van der Waals surface area contributed by atoms with Crippen LogP contribution >= 0.6 is 7.82 Å². The fraction of sp³-hybridized carbons (Fsp3) is 0.667. The van der Waals surface area contributed by atoms with Crippen LogP contribution < -0.4 is 0 Å². The van der Waals surface area contributed by atoms with Crippen molar-refractivity contribution in [3.8, 4) is 0 Å². The second-order valence-corrected chi connectivity index (χ2v) is 2.47. The Morgan fingerprint density at radius 2 is 1.75 bits per heavy atom. The van der Waals surface area contributed by atoms with E-state index in [1.165, 1.54) is 6.92 Å². The molecule has 0 bridgehead atoms. The zero-order chi connectivity index (χ0) is 7.49. The third kappa shape index (κ3) is 17.9. The average Bonchev–Trinajstić information content (AvgIpc) is 1.62. The minimum Gasteiger partial charge on any atom is -1.00 e. The summed E-state index contributed by atoms with van der Waals surface area (Å²) < 4.78 is 13.5. The van der Waals surface area contributed by atoms with E-state index in [0.29, 0.717) is 0 Å². The summed E-state index contributed by atoms with van der Waals surface area (Å²) in [7, 11) is -4.59. The zero-order valence-corrected chi connectivity index (χ0v) is 12.0. The Labute approximate surface area is 128 Å². The van der Waals surface area contributed by atoms with E-state index in [4.69, 9.17) is 9.79 Å². The van der Waals surface area contributed by atoms with E-state index in [9.17, 15) is 9.36 Å². The Balaban J connectivity index is -0.00000000889. The summed E-state index contributed by atoms with van der Waals surface area (Å²) >= 11 is 0. The van der Waals surface area contributed by atoms with Gasteiger partial charge in [-0.1, -0.05) is 6.92 Å². The Bertz CT molecular complexity index is 173. The first kappa shape index (κ1) is 23.6. The van der Waals surface area contributed by atoms with Crippen LogP contribution in [-0.2, 0) is 13.9 Å². The van der Waals surface area contributed by atoms with Crippen molar-refractivity contribution in [1.82, 2.24) is 0 Å². The van der Waals surface area contributed by atoms with Gasteiger partial charge in [0.2, 0.25) is 0 Å². The third-order valence-corrected chi connectivity index (χ3v) is 0.951. The van der Waals surface area contributed by atoms with Crippen molar-refractivity contribution >= 4 is 83.0 Å². The smallest absolute Gasteiger partial charge is 1.00 e. The summed E-state index contributed by atoms with van der Waals surface area (Å²) in [6.45, 7) is 1.44. The first-order valence-corrected chi connectivity index (χ1v) is 3.76. The molecule has 0 unspecified atom stereocenters. The minimum atomic E-state index is -4.59. The molecule has 0 heterocycles. The molecule has 0 amide bonds. The van der Waals surface area contributed by atoms with Crippen molar-refractivity contribution in [2.75, 3.05) is 0 Å². The summed E-state index contributed by atoms with van der Waals surface area (Å²) in [5.74, 6) is -0.900. The van der Waals surface area contributed by atoms with Gasteiger partial charge in [0.25, 0.3) is 0 Å². The van der Waals surface area contributed by atoms with E-state index in [0.717, 1.165) is 0 Å². The Morgan fingerprint density at radius 3 is 1.83 bits per heavy atom. The second kappa shape index (κ2) is 11.0. The van der Waals surface area contributed by atoms with Gasteiger partial charge in [0.1, 0.15) is 0 Å². The number of phosphoric ester groups is 1. The number of phosphoric acid groups is 1. The van der Waals surface area contributed by atoms with Gasteiger partial charge in [-0.15, -0.1) is 0 Å². The largest absolute Gasteiger partial charge is 2.00 e. The molecule has 2 N–H and O–H groups in total. The first-order valence-electron chi connectivity index (χ1n) is 2.23. The monoisotopic (exact) mass is 232 g/mol. The van der Waals surface area contributed by atoms with Crippen molar-refractivity contribution < 1.29 is 32.2 Å². The van der Waals surface area contributed by atoms with Crippen LogP contribution in [0.4, 0.5) is 0 Å². The summed E-state index contributed by atoms with van der Waals surface area (Å²) in [6, 6.07) is 0. The molecule has 0 aromatic heterocycles. The number of carbonyl (C=O) groups excluding carboxylic acids is 1. The molecule has 0 fully saturated rings. The van der Waals surface area contributed by atoms with Crippen LogP contribution in [0.5, 0.6) is 0 Å². The number of hydrogen-bond donors (Lipinski definition) is 2. The Kier molecular flexibility index (Phi) is 21.6. The Morgan fingerprint density at radius 1 is 1.42 bits per heavy atom. The van der Waals surface area contributed by atoms with Crippen LogP contribution in [0.25, 0.3) is 0 Å². The maximum Gasteiger partial charge on any atom is 2.00 e. The molecule has 0 aliphatic rings. The molecule has 0 aromatic rings. The van der Waals surface area contributed by atoms with E-state index in [-0.39, 0.29) is 84.1 Å². The van der Waals surface area contributed by atoms with Gasteiger partial charge in [-0.25, -0.2) is 4.57 Å². The van der Waals surface area contributed by atoms with Crippen molar-refractivity contribution in [2.45, 2.75) is 13.3 Å². The minimum absolute atomic E-state index is 0. The molecule has 0 aromatic carbocycles. The van der Waals surface area contributed by atoms with Crippen molar-refractivity contribution in [2.24, 2.45) is 0 Å². The second-order valence-electron chi connectivity index (χ2n) is 1.31. The van der Waals surface area contributed by atoms with Gasteiger partial charge < -0.3 is 13.1 Å². The van der Waals surface area contributed by atoms with Crippen LogP contribution in [0.2, 0.25) is 0 Å². The fourth-order valence-electron chi connectivity index (χ4n) is 0.197. The van der Waals surface area contributed by atoms with Gasteiger partial charge in [0.15, 0.2) is 0 Å². The van der Waals surface area contributed by atoms with E-state index in [1.54, 1.807) is 0 Å². The average molecular weight is 233 g/mol. The van der Waals surface area contributed by atoms with Gasteiger partial charge in [-0.2, -0.15) is 0 Å². The van der Waals surface area contributed by atoms with Crippen molar-refractivity contribution in [3.05, 3.63) is 0 Å². The van der Waals surface area contributed by atoms with Gasteiger partial charge in [0, 0.05) is 6.42 Å². The van der Waals surface area contributed by atoms with Crippen LogP contribution in [-0.4, -0.2) is 84.9 Å². The number of rotatable bonds is 2. The molecule has 0 aliphatic carbocycles. The zero-order valence-electron chi connectivity index (χ0n) is 12.9. The maximum atomic E-state index is 10.1. The molecule has 0 saturated heterocycles. The molecule has 9 heteroatoms. The van der Waals surface area contributed by atoms with Gasteiger partial charge >= 0.3 is 83.0 Å². The fourth-order valence-corrected chi connectivity index (χ4v) is 0.592. The normalized spacial score (nSPS) is 8.25. The van der Waals surface area contributed by atoms with E-state index in [2.05, 4.69) is 4.52 Å². The summed E-state index contributed by atoms with van der Waals surface area (Å²) in [4.78, 5) is 26.1. The van der Waals surface area contributed by atoms with Crippen molar-refractivity contribution in [1.29, 1.82) is 0 Å². The molecular formula is C3H13Mg3O5P. The summed E-state index contributed by atoms with van der Waals surface area (Å²) in [5.41, 5.74) is 0. The van der Waals surface area contributed by atoms with Gasteiger partial charge in [0.05, 0.1) is 0 Å². The van der Waals surface area contributed by atoms with Crippen molar-refractivity contribution in [3.63, 3.8) is 0 Å². The SMILES string of the molecule is CCC(=O)OP(=O)(O)O.[H-].[H-].[H-].[H-].[H-].[H-].[Mg+2].[Mg+2].[Mg+2]. The first-order chi connectivity index (χ1) is 3.95.